The lowest BCUT2D eigenvalue weighted by Gasteiger charge is -2.43. The highest BCUT2D eigenvalue weighted by Gasteiger charge is 2.49. The van der Waals surface area contributed by atoms with Crippen molar-refractivity contribution < 1.29 is 66.6 Å². The van der Waals surface area contributed by atoms with Gasteiger partial charge in [-0.15, -0.1) is 0 Å². The second-order valence-electron chi connectivity index (χ2n) is 23.1. The van der Waals surface area contributed by atoms with Crippen LogP contribution in [0.4, 0.5) is 0 Å². The quantitative estimate of drug-likeness (QED) is 0.0345. The predicted molar refractivity (Wildman–Crippen MR) is 331 cm³/mol. The third-order valence-electron chi connectivity index (χ3n) is 16.6. The molecule has 2 fully saturated rings. The standard InChI is InChI=1S/C69H82N4O14/c1-11-13-15-17-19-51-53-29-33-57(70-53)63(47-21-25-49(26-22-47)84-68-40(4)39(3)65(81-44(8)76)61(86-68)37-79-42(6)74)58-34-30-54(71-58)52(20-18-16-14-12-2)56-32-36-60(73-56)64(59-35-31-55(51)72-59)48-23-27-50(28-24-48)85-69-67(83-46(10)78)41(5)66(82-45(9)77)62(87-69)38-80-43(7)75/h21-36,39-41,61-62,65-70,73H,11-20,37-38H2,1-10H3/t39-,40+,41-,61+,62?,65?,66+,67?,68?,69+/m0/s1. The van der Waals surface area contributed by atoms with Gasteiger partial charge in [-0.05, 0) is 110 Å². The number of unbranched alkanes of at least 4 members (excludes halogenated alkanes) is 6. The topological polar surface area (TPSA) is 226 Å². The van der Waals surface area contributed by atoms with Crippen molar-refractivity contribution in [1.29, 1.82) is 0 Å². The largest absolute Gasteiger partial charge is 0.465 e. The molecule has 0 aliphatic carbocycles. The molecule has 4 unspecified atom stereocenters. The molecule has 8 bridgehead atoms. The zero-order valence-electron chi connectivity index (χ0n) is 51.6. The number of hydrogen-bond donors (Lipinski definition) is 2. The molecule has 2 saturated heterocycles. The lowest BCUT2D eigenvalue weighted by atomic mass is 9.84. The van der Waals surface area contributed by atoms with Crippen molar-refractivity contribution in [3.8, 4) is 33.8 Å². The van der Waals surface area contributed by atoms with Gasteiger partial charge in [0.2, 0.25) is 12.6 Å². The average molecular weight is 1190 g/mol. The second-order valence-corrected chi connectivity index (χ2v) is 23.1. The highest BCUT2D eigenvalue weighted by molar-refractivity contribution is 5.94. The van der Waals surface area contributed by atoms with Crippen LogP contribution < -0.4 is 9.47 Å². The van der Waals surface area contributed by atoms with E-state index in [4.69, 9.17) is 52.6 Å². The van der Waals surface area contributed by atoms with Crippen LogP contribution in [-0.4, -0.2) is 106 Å². The lowest BCUT2D eigenvalue weighted by molar-refractivity contribution is -0.271. The van der Waals surface area contributed by atoms with Crippen molar-refractivity contribution >= 4 is 76.2 Å². The molecule has 10 atom stereocenters. The highest BCUT2D eigenvalue weighted by atomic mass is 16.7. The summed E-state index contributed by atoms with van der Waals surface area (Å²) in [5, 5.41) is 0. The molecule has 4 aliphatic heterocycles. The minimum atomic E-state index is -1.15. The van der Waals surface area contributed by atoms with Gasteiger partial charge in [-0.3, -0.25) is 24.0 Å². The Hall–Kier alpha value is -8.09. The van der Waals surface area contributed by atoms with Crippen LogP contribution in [0.2, 0.25) is 0 Å². The molecule has 3 aromatic heterocycles. The predicted octanol–water partition coefficient (Wildman–Crippen LogP) is 13.3. The normalized spacial score (nSPS) is 22.3. The Morgan fingerprint density at radius 3 is 1.25 bits per heavy atom. The molecular formula is C69H82N4O14. The van der Waals surface area contributed by atoms with Crippen LogP contribution in [0.3, 0.4) is 0 Å². The number of nitrogens with zero attached hydrogens (tertiary/aromatic N) is 2. The number of nitrogens with one attached hydrogen (secondary N) is 2. The summed E-state index contributed by atoms with van der Waals surface area (Å²) in [6.45, 7) is 16.4. The smallest absolute Gasteiger partial charge is 0.303 e. The Balaban J connectivity index is 1.14. The van der Waals surface area contributed by atoms with Crippen molar-refractivity contribution in [2.24, 2.45) is 17.8 Å². The zero-order valence-corrected chi connectivity index (χ0v) is 51.6. The summed E-state index contributed by atoms with van der Waals surface area (Å²) in [5.41, 5.74) is 12.6. The molecule has 18 heteroatoms. The first kappa shape index (κ1) is 63.4. The number of aromatic nitrogens is 4. The van der Waals surface area contributed by atoms with Crippen LogP contribution in [0.5, 0.6) is 11.5 Å². The van der Waals surface area contributed by atoms with E-state index < -0.39 is 78.9 Å². The Morgan fingerprint density at radius 1 is 0.437 bits per heavy atom. The fraction of sp³-hybridized carbons (Fsp3) is 0.464. The van der Waals surface area contributed by atoms with E-state index in [-0.39, 0.29) is 25.0 Å². The summed E-state index contributed by atoms with van der Waals surface area (Å²) >= 11 is 0. The third kappa shape index (κ3) is 15.6. The van der Waals surface area contributed by atoms with Gasteiger partial charge in [-0.25, -0.2) is 9.97 Å². The van der Waals surface area contributed by atoms with Crippen LogP contribution in [0.25, 0.3) is 68.6 Å². The van der Waals surface area contributed by atoms with E-state index in [1.807, 2.05) is 62.4 Å². The molecule has 0 saturated carbocycles. The van der Waals surface area contributed by atoms with Gasteiger partial charge in [-0.2, -0.15) is 0 Å². The molecule has 7 heterocycles. The second kappa shape index (κ2) is 29.1. The summed E-state index contributed by atoms with van der Waals surface area (Å²) in [6.07, 6.45) is 12.4. The number of benzene rings is 2. The summed E-state index contributed by atoms with van der Waals surface area (Å²) in [4.78, 5) is 79.4. The molecule has 5 aromatic rings. The number of hydrogen-bond acceptors (Lipinski definition) is 16. The number of rotatable bonds is 23. The minimum absolute atomic E-state index is 0.0857. The Labute approximate surface area is 508 Å². The maximum absolute atomic E-state index is 12.5. The number of ether oxygens (including phenoxy) is 9. The molecule has 9 rings (SSSR count). The van der Waals surface area contributed by atoms with Crippen molar-refractivity contribution in [1.82, 2.24) is 19.9 Å². The maximum Gasteiger partial charge on any atom is 0.303 e. The summed E-state index contributed by atoms with van der Waals surface area (Å²) < 4.78 is 53.6. The number of esters is 5. The van der Waals surface area contributed by atoms with Crippen LogP contribution >= 0.6 is 0 Å². The summed E-state index contributed by atoms with van der Waals surface area (Å²) in [6, 6.07) is 24.0. The van der Waals surface area contributed by atoms with Gasteiger partial charge in [0.15, 0.2) is 6.10 Å². The molecule has 462 valence electrons. The number of carbonyl (C=O) groups is 5. The van der Waals surface area contributed by atoms with Crippen LogP contribution in [-0.2, 0) is 70.0 Å². The first-order valence-corrected chi connectivity index (χ1v) is 30.7. The van der Waals surface area contributed by atoms with Gasteiger partial charge < -0.3 is 52.6 Å². The SMILES string of the molecule is CCCCCCc1c2nc(c(-c3ccc(O[C@@H]4OC(COC(C)=O)[C@H](OC(C)=O)[C@H](C)C4OC(C)=O)cc3)c3ccc([nH]3)c(CCCCCC)c3nc(c(-c4ccc(OC5O[C@H](COC(C)=O)C(OC(C)=O)[C@@H](C)[C@H]5C)cc4)c4ccc1[nH]4)C=C3)C=C2. The average Bonchev–Trinajstić information content (AvgIpc) is 3.23. The third-order valence-corrected chi connectivity index (χ3v) is 16.6. The number of H-pyrrole nitrogens is 2. The summed E-state index contributed by atoms with van der Waals surface area (Å²) in [7, 11) is 0. The maximum atomic E-state index is 12.5. The fourth-order valence-electron chi connectivity index (χ4n) is 11.9. The van der Waals surface area contributed by atoms with E-state index in [0.29, 0.717) is 11.5 Å². The Morgan fingerprint density at radius 2 is 0.828 bits per heavy atom. The van der Waals surface area contributed by atoms with Crippen LogP contribution in [0.15, 0.2) is 72.8 Å². The van der Waals surface area contributed by atoms with Crippen LogP contribution in [0.1, 0.15) is 155 Å². The molecule has 2 aromatic carbocycles. The van der Waals surface area contributed by atoms with Crippen molar-refractivity contribution in [3.05, 3.63) is 107 Å². The Bertz CT molecular complexity index is 3500. The number of fused-ring (bicyclic) bond motifs is 8. The Kier molecular flexibility index (Phi) is 21.2. The van der Waals surface area contributed by atoms with E-state index in [2.05, 4.69) is 72.4 Å². The molecule has 0 spiro atoms. The zero-order chi connectivity index (χ0) is 61.9. The first-order chi connectivity index (χ1) is 41.9. The van der Waals surface area contributed by atoms with Crippen molar-refractivity contribution in [2.45, 2.75) is 177 Å². The van der Waals surface area contributed by atoms with Gasteiger partial charge in [0.05, 0.1) is 22.8 Å². The monoisotopic (exact) mass is 1190 g/mol. The fourth-order valence-corrected chi connectivity index (χ4v) is 11.9. The van der Waals surface area contributed by atoms with Crippen molar-refractivity contribution in [2.75, 3.05) is 13.2 Å². The van der Waals surface area contributed by atoms with E-state index in [0.717, 1.165) is 142 Å². The first-order valence-electron chi connectivity index (χ1n) is 30.7. The van der Waals surface area contributed by atoms with E-state index in [1.54, 1.807) is 6.92 Å². The van der Waals surface area contributed by atoms with E-state index in [9.17, 15) is 24.0 Å². The molecule has 2 N–H and O–H groups in total. The lowest BCUT2D eigenvalue weighted by Crippen LogP contribution is -2.58. The van der Waals surface area contributed by atoms with Gasteiger partial charge in [0.25, 0.3) is 0 Å². The van der Waals surface area contributed by atoms with Gasteiger partial charge in [0.1, 0.15) is 49.1 Å². The molecule has 18 nitrogen and oxygen atoms in total. The number of carbonyl (C=O) groups excluding carboxylic acids is 5. The van der Waals surface area contributed by atoms with E-state index in [1.165, 1.54) is 34.6 Å². The number of aromatic amines is 2. The highest BCUT2D eigenvalue weighted by Crippen LogP contribution is 2.40. The molecule has 0 amide bonds. The van der Waals surface area contributed by atoms with Crippen LogP contribution in [0, 0.1) is 17.8 Å². The van der Waals surface area contributed by atoms with Gasteiger partial charge in [0, 0.05) is 96.7 Å². The minimum Gasteiger partial charge on any atom is -0.465 e. The van der Waals surface area contributed by atoms with Gasteiger partial charge in [-0.1, -0.05) is 97.4 Å². The molecule has 0 radical (unpaired) electrons. The van der Waals surface area contributed by atoms with Crippen molar-refractivity contribution in [3.63, 3.8) is 0 Å². The molecule has 87 heavy (non-hydrogen) atoms. The van der Waals surface area contributed by atoms with E-state index >= 15 is 0 Å². The summed E-state index contributed by atoms with van der Waals surface area (Å²) in [5.74, 6) is -2.54. The molecular weight excluding hydrogens is 1110 g/mol. The molecule has 4 aliphatic rings. The van der Waals surface area contributed by atoms with Gasteiger partial charge >= 0.3 is 29.8 Å². The number of aryl methyl sites for hydroxylation is 2.